The molecule has 0 N–H and O–H groups in total. The number of sulfonamides is 1. The molecule has 1 aromatic carbocycles. The molecule has 0 fully saturated rings. The van der Waals surface area contributed by atoms with Crippen LogP contribution in [-0.4, -0.2) is 13.0 Å². The fourth-order valence-electron chi connectivity index (χ4n) is 1.95. The number of hydrogen-bond acceptors (Lipinski definition) is 4. The summed E-state index contributed by atoms with van der Waals surface area (Å²) in [6.07, 6.45) is 5.39. The molecule has 0 unspecified atom stereocenters. The van der Waals surface area contributed by atoms with E-state index in [1.165, 1.54) is 23.5 Å². The van der Waals surface area contributed by atoms with Gasteiger partial charge in [0.25, 0.3) is 10.0 Å². The monoisotopic (exact) mass is 402 g/mol. The quantitative estimate of drug-likeness (QED) is 0.621. The first kappa shape index (κ1) is 16.6. The first-order valence-electron chi connectivity index (χ1n) is 6.19. The molecular weight excluding hydrogens is 395 g/mol. The van der Waals surface area contributed by atoms with Crippen molar-refractivity contribution in [2.75, 3.05) is 0 Å². The fraction of sp³-hybridized carbons (Fsp3) is 0.0714. The van der Waals surface area contributed by atoms with Crippen LogP contribution in [0.5, 0.6) is 0 Å². The molecule has 0 bridgehead atoms. The van der Waals surface area contributed by atoms with E-state index in [0.717, 1.165) is 21.6 Å². The van der Waals surface area contributed by atoms with Gasteiger partial charge in [0.05, 0.1) is 21.1 Å². The van der Waals surface area contributed by atoms with Crippen LogP contribution in [0.4, 0.5) is 0 Å². The Kier molecular flexibility index (Phi) is 4.54. The third-order valence-electron chi connectivity index (χ3n) is 2.90. The molecule has 0 aliphatic carbocycles. The van der Waals surface area contributed by atoms with E-state index in [0.29, 0.717) is 14.2 Å². The normalized spacial score (nSPS) is 12.7. The number of nitrogens with zero attached hydrogens (tertiary/aromatic N) is 2. The van der Waals surface area contributed by atoms with Crippen molar-refractivity contribution in [1.29, 1.82) is 0 Å². The van der Waals surface area contributed by atoms with Gasteiger partial charge in [-0.2, -0.15) is 8.42 Å². The van der Waals surface area contributed by atoms with E-state index in [4.69, 9.17) is 29.6 Å². The van der Waals surface area contributed by atoms with Gasteiger partial charge in [0.2, 0.25) is 4.80 Å². The molecule has 0 saturated carbocycles. The minimum absolute atomic E-state index is 0.0882. The molecule has 2 aromatic heterocycles. The Labute approximate surface area is 150 Å². The van der Waals surface area contributed by atoms with E-state index < -0.39 is 10.0 Å². The third kappa shape index (κ3) is 3.32. The molecule has 0 spiro atoms. The van der Waals surface area contributed by atoms with Crippen molar-refractivity contribution in [3.05, 3.63) is 44.5 Å². The van der Waals surface area contributed by atoms with Crippen molar-refractivity contribution in [1.82, 2.24) is 4.57 Å². The van der Waals surface area contributed by atoms with Crippen LogP contribution in [-0.2, 0) is 16.6 Å². The van der Waals surface area contributed by atoms with Crippen LogP contribution >= 0.6 is 45.9 Å². The van der Waals surface area contributed by atoms with Gasteiger partial charge in [-0.1, -0.05) is 40.5 Å². The zero-order valence-corrected chi connectivity index (χ0v) is 15.3. The SMILES string of the molecule is C#CCn1/c(=N/S(=O)(=O)c2ccc(Cl)s2)sc2cc(Cl)ccc21. The summed E-state index contributed by atoms with van der Waals surface area (Å²) < 4.78 is 31.7. The van der Waals surface area contributed by atoms with Crippen LogP contribution in [0, 0.1) is 12.3 Å². The summed E-state index contributed by atoms with van der Waals surface area (Å²) in [6.45, 7) is 0.210. The number of benzene rings is 1. The van der Waals surface area contributed by atoms with Crippen molar-refractivity contribution in [2.24, 2.45) is 4.40 Å². The van der Waals surface area contributed by atoms with Crippen LogP contribution in [0.15, 0.2) is 38.9 Å². The van der Waals surface area contributed by atoms with Crippen LogP contribution < -0.4 is 4.80 Å². The maximum Gasteiger partial charge on any atom is 0.294 e. The van der Waals surface area contributed by atoms with Crippen LogP contribution in [0.1, 0.15) is 0 Å². The summed E-state index contributed by atoms with van der Waals surface area (Å²) in [5.74, 6) is 2.51. The highest BCUT2D eigenvalue weighted by Crippen LogP contribution is 2.27. The van der Waals surface area contributed by atoms with Crippen molar-refractivity contribution in [3.63, 3.8) is 0 Å². The van der Waals surface area contributed by atoms with Crippen molar-refractivity contribution in [2.45, 2.75) is 10.8 Å². The molecule has 0 aliphatic rings. The van der Waals surface area contributed by atoms with Gasteiger partial charge in [-0.15, -0.1) is 22.2 Å². The Morgan fingerprint density at radius 1 is 1.22 bits per heavy atom. The highest BCUT2D eigenvalue weighted by atomic mass is 35.5. The van der Waals surface area contributed by atoms with Gasteiger partial charge < -0.3 is 4.57 Å². The van der Waals surface area contributed by atoms with Crippen LogP contribution in [0.3, 0.4) is 0 Å². The highest BCUT2D eigenvalue weighted by Gasteiger charge is 2.17. The minimum atomic E-state index is -3.84. The Hall–Kier alpha value is -1.30. The minimum Gasteiger partial charge on any atom is -0.304 e. The van der Waals surface area contributed by atoms with E-state index in [9.17, 15) is 8.42 Å². The molecule has 0 atom stereocenters. The van der Waals surface area contributed by atoms with Crippen LogP contribution in [0.25, 0.3) is 10.2 Å². The van der Waals surface area contributed by atoms with E-state index in [1.807, 2.05) is 0 Å². The zero-order chi connectivity index (χ0) is 16.6. The first-order chi connectivity index (χ1) is 10.9. The zero-order valence-electron chi connectivity index (χ0n) is 11.4. The topological polar surface area (TPSA) is 51.4 Å². The number of rotatable bonds is 3. The molecular formula is C14H8Cl2N2O2S3. The van der Waals surface area contributed by atoms with Gasteiger partial charge in [0, 0.05) is 5.02 Å². The summed E-state index contributed by atoms with van der Waals surface area (Å²) in [5, 5.41) is 0.561. The number of halogens is 2. The molecule has 0 amide bonds. The van der Waals surface area contributed by atoms with E-state index >= 15 is 0 Å². The number of fused-ring (bicyclic) bond motifs is 1. The summed E-state index contributed by atoms with van der Waals surface area (Å²) in [5.41, 5.74) is 0.788. The number of terminal acetylenes is 1. The van der Waals surface area contributed by atoms with Crippen molar-refractivity contribution in [3.8, 4) is 12.3 Å². The Bertz CT molecular complexity index is 1100. The molecule has 0 aliphatic heterocycles. The average molecular weight is 403 g/mol. The molecule has 3 rings (SSSR count). The second kappa shape index (κ2) is 6.30. The number of aromatic nitrogens is 1. The summed E-state index contributed by atoms with van der Waals surface area (Å²) in [4.78, 5) is 0.296. The van der Waals surface area contributed by atoms with Crippen molar-refractivity contribution < 1.29 is 8.42 Å². The lowest BCUT2D eigenvalue weighted by atomic mass is 10.3. The summed E-state index contributed by atoms with van der Waals surface area (Å²) in [7, 11) is -3.84. The van der Waals surface area contributed by atoms with E-state index in [2.05, 4.69) is 10.3 Å². The number of thiazole rings is 1. The molecule has 3 aromatic rings. The van der Waals surface area contributed by atoms with E-state index in [1.54, 1.807) is 22.8 Å². The largest absolute Gasteiger partial charge is 0.304 e. The second-order valence-corrected chi connectivity index (χ2v) is 9.40. The standard InChI is InChI=1S/C14H8Cl2N2O2S3/c1-2-7-18-10-4-3-9(15)8-11(10)21-14(18)17-23(19,20)13-6-5-12(16)22-13/h1,3-6,8H,7H2/b17-14-. The van der Waals surface area contributed by atoms with Gasteiger partial charge >= 0.3 is 0 Å². The van der Waals surface area contributed by atoms with Gasteiger partial charge in [-0.3, -0.25) is 0 Å². The molecule has 0 radical (unpaired) electrons. The number of thiophene rings is 1. The maximum atomic E-state index is 12.4. The smallest absolute Gasteiger partial charge is 0.294 e. The molecule has 4 nitrogen and oxygen atoms in total. The summed E-state index contributed by atoms with van der Waals surface area (Å²) in [6, 6.07) is 8.22. The van der Waals surface area contributed by atoms with Crippen LogP contribution in [0.2, 0.25) is 9.36 Å². The van der Waals surface area contributed by atoms with Gasteiger partial charge in [-0.05, 0) is 30.3 Å². The average Bonchev–Trinajstić information content (AvgIpc) is 3.04. The summed E-state index contributed by atoms with van der Waals surface area (Å²) >= 11 is 14.0. The predicted octanol–water partition coefficient (Wildman–Crippen LogP) is 3.99. The maximum absolute atomic E-state index is 12.4. The molecule has 0 saturated heterocycles. The lowest BCUT2D eigenvalue weighted by molar-refractivity contribution is 0.598. The van der Waals surface area contributed by atoms with E-state index in [-0.39, 0.29) is 10.8 Å². The first-order valence-corrected chi connectivity index (χ1v) is 10.0. The predicted molar refractivity (Wildman–Crippen MR) is 95.7 cm³/mol. The Morgan fingerprint density at radius 3 is 2.65 bits per heavy atom. The molecule has 9 heteroatoms. The lowest BCUT2D eigenvalue weighted by Gasteiger charge is -1.99. The Balaban J connectivity index is 2.26. The molecule has 118 valence electrons. The van der Waals surface area contributed by atoms with Gasteiger partial charge in [0.15, 0.2) is 0 Å². The molecule has 23 heavy (non-hydrogen) atoms. The Morgan fingerprint density at radius 2 is 2.00 bits per heavy atom. The van der Waals surface area contributed by atoms with Gasteiger partial charge in [0.1, 0.15) is 4.21 Å². The molecule has 2 heterocycles. The second-order valence-electron chi connectivity index (χ2n) is 4.41. The lowest BCUT2D eigenvalue weighted by Crippen LogP contribution is -2.16. The fourth-order valence-corrected chi connectivity index (χ4v) is 5.91. The van der Waals surface area contributed by atoms with Crippen molar-refractivity contribution >= 4 is 66.1 Å². The highest BCUT2D eigenvalue weighted by molar-refractivity contribution is 7.92. The third-order valence-corrected chi connectivity index (χ3v) is 7.25. The van der Waals surface area contributed by atoms with Gasteiger partial charge in [-0.25, -0.2) is 0 Å². The number of hydrogen-bond donors (Lipinski definition) is 0.